The van der Waals surface area contributed by atoms with E-state index in [4.69, 9.17) is 10.8 Å². The summed E-state index contributed by atoms with van der Waals surface area (Å²) in [7, 11) is 0. The quantitative estimate of drug-likeness (QED) is 0.560. The molecule has 76 valence electrons. The molecular weight excluding hydrogens is 182 g/mol. The first kappa shape index (κ1) is 9.23. The molecule has 1 aliphatic carbocycles. The minimum atomic E-state index is -1.02. The molecule has 0 bridgehead atoms. The summed E-state index contributed by atoms with van der Waals surface area (Å²) >= 11 is 0. The van der Waals surface area contributed by atoms with Crippen LogP contribution in [0.4, 0.5) is 0 Å². The SMILES string of the molecule is NC(C(=O)O)N1NCC2CC=CC=C21. The van der Waals surface area contributed by atoms with E-state index in [9.17, 15) is 4.79 Å². The summed E-state index contributed by atoms with van der Waals surface area (Å²) < 4.78 is 0. The van der Waals surface area contributed by atoms with Crippen molar-refractivity contribution in [3.8, 4) is 0 Å². The molecule has 5 heteroatoms. The number of nitrogens with one attached hydrogen (secondary N) is 1. The normalized spacial score (nSPS) is 27.1. The van der Waals surface area contributed by atoms with Crippen molar-refractivity contribution in [3.63, 3.8) is 0 Å². The van der Waals surface area contributed by atoms with E-state index in [1.807, 2.05) is 12.2 Å². The van der Waals surface area contributed by atoms with Crippen molar-refractivity contribution < 1.29 is 9.90 Å². The van der Waals surface area contributed by atoms with E-state index in [1.54, 1.807) is 0 Å². The van der Waals surface area contributed by atoms with Crippen molar-refractivity contribution in [3.05, 3.63) is 23.9 Å². The third kappa shape index (κ3) is 1.40. The van der Waals surface area contributed by atoms with Gasteiger partial charge in [-0.2, -0.15) is 0 Å². The molecule has 4 N–H and O–H groups in total. The summed E-state index contributed by atoms with van der Waals surface area (Å²) in [5.74, 6) is -0.654. The highest BCUT2D eigenvalue weighted by atomic mass is 16.4. The number of carbonyl (C=O) groups is 1. The first-order chi connectivity index (χ1) is 6.70. The van der Waals surface area contributed by atoms with E-state index in [1.165, 1.54) is 5.01 Å². The molecule has 0 saturated carbocycles. The Bertz CT molecular complexity index is 311. The molecular formula is C9H13N3O2. The van der Waals surface area contributed by atoms with Crippen LogP contribution < -0.4 is 11.2 Å². The largest absolute Gasteiger partial charge is 0.479 e. The molecule has 0 spiro atoms. The minimum Gasteiger partial charge on any atom is -0.479 e. The fraction of sp³-hybridized carbons (Fsp3) is 0.444. The first-order valence-corrected chi connectivity index (χ1v) is 4.58. The van der Waals surface area contributed by atoms with Crippen LogP contribution in [0, 0.1) is 5.92 Å². The molecule has 0 aromatic rings. The topological polar surface area (TPSA) is 78.6 Å². The second kappa shape index (κ2) is 3.43. The second-order valence-electron chi connectivity index (χ2n) is 3.47. The van der Waals surface area contributed by atoms with Crippen LogP contribution in [0.5, 0.6) is 0 Å². The number of carboxylic acids is 1. The van der Waals surface area contributed by atoms with Crippen LogP contribution in [0.25, 0.3) is 0 Å². The van der Waals surface area contributed by atoms with Gasteiger partial charge in [-0.3, -0.25) is 5.01 Å². The molecule has 2 rings (SSSR count). The van der Waals surface area contributed by atoms with Gasteiger partial charge in [0.1, 0.15) is 0 Å². The Morgan fingerprint density at radius 2 is 2.57 bits per heavy atom. The van der Waals surface area contributed by atoms with Crippen LogP contribution in [0.2, 0.25) is 0 Å². The maximum absolute atomic E-state index is 10.7. The Morgan fingerprint density at radius 3 is 3.29 bits per heavy atom. The highest BCUT2D eigenvalue weighted by Gasteiger charge is 2.33. The van der Waals surface area contributed by atoms with E-state index in [0.717, 1.165) is 18.7 Å². The second-order valence-corrected chi connectivity index (χ2v) is 3.47. The maximum atomic E-state index is 10.7. The molecule has 1 heterocycles. The van der Waals surface area contributed by atoms with Gasteiger partial charge in [0.2, 0.25) is 0 Å². The molecule has 2 unspecified atom stereocenters. The Labute approximate surface area is 81.8 Å². The number of allylic oxidation sites excluding steroid dienone is 3. The molecule has 0 aromatic carbocycles. The highest BCUT2D eigenvalue weighted by molar-refractivity contribution is 5.73. The van der Waals surface area contributed by atoms with Crippen LogP contribution >= 0.6 is 0 Å². The Kier molecular flexibility index (Phi) is 2.26. The number of rotatable bonds is 2. The molecule has 0 aromatic heterocycles. The summed E-state index contributed by atoms with van der Waals surface area (Å²) in [6, 6.07) is 0. The van der Waals surface area contributed by atoms with Gasteiger partial charge in [0.15, 0.2) is 6.17 Å². The predicted octanol–water partition coefficient (Wildman–Crippen LogP) is -0.364. The van der Waals surface area contributed by atoms with Gasteiger partial charge in [-0.15, -0.1) is 0 Å². The third-order valence-corrected chi connectivity index (χ3v) is 2.56. The Morgan fingerprint density at radius 1 is 1.79 bits per heavy atom. The molecule has 1 aliphatic heterocycles. The van der Waals surface area contributed by atoms with E-state index in [2.05, 4.69) is 11.5 Å². The van der Waals surface area contributed by atoms with Gasteiger partial charge in [-0.25, -0.2) is 10.2 Å². The summed E-state index contributed by atoms with van der Waals surface area (Å²) in [5.41, 5.74) is 9.50. The fourth-order valence-electron chi connectivity index (χ4n) is 1.80. The van der Waals surface area contributed by atoms with Gasteiger partial charge >= 0.3 is 5.97 Å². The van der Waals surface area contributed by atoms with Gasteiger partial charge in [0.05, 0.1) is 0 Å². The van der Waals surface area contributed by atoms with E-state index < -0.39 is 12.1 Å². The number of carboxylic acid groups (broad SMARTS) is 1. The van der Waals surface area contributed by atoms with Crippen LogP contribution in [0.15, 0.2) is 23.9 Å². The molecule has 1 saturated heterocycles. The molecule has 2 atom stereocenters. The lowest BCUT2D eigenvalue weighted by molar-refractivity contribution is -0.143. The van der Waals surface area contributed by atoms with Crippen molar-refractivity contribution in [2.75, 3.05) is 6.54 Å². The number of hydrogen-bond acceptors (Lipinski definition) is 4. The lowest BCUT2D eigenvalue weighted by atomic mass is 9.98. The van der Waals surface area contributed by atoms with Gasteiger partial charge in [0.25, 0.3) is 0 Å². The fourth-order valence-corrected chi connectivity index (χ4v) is 1.80. The lowest BCUT2D eigenvalue weighted by Gasteiger charge is -2.25. The van der Waals surface area contributed by atoms with Gasteiger partial charge in [0, 0.05) is 18.2 Å². The summed E-state index contributed by atoms with van der Waals surface area (Å²) in [5, 5.41) is 10.3. The predicted molar refractivity (Wildman–Crippen MR) is 50.8 cm³/mol. The van der Waals surface area contributed by atoms with Crippen molar-refractivity contribution in [2.45, 2.75) is 12.6 Å². The van der Waals surface area contributed by atoms with Crippen molar-refractivity contribution >= 4 is 5.97 Å². The third-order valence-electron chi connectivity index (χ3n) is 2.56. The van der Waals surface area contributed by atoms with Crippen molar-refractivity contribution in [1.29, 1.82) is 0 Å². The lowest BCUT2D eigenvalue weighted by Crippen LogP contribution is -2.50. The van der Waals surface area contributed by atoms with Crippen LogP contribution in [-0.2, 0) is 4.79 Å². The Balaban J connectivity index is 2.18. The Hall–Kier alpha value is -1.33. The number of hydrogen-bond donors (Lipinski definition) is 3. The zero-order valence-electron chi connectivity index (χ0n) is 7.68. The van der Waals surface area contributed by atoms with Gasteiger partial charge in [-0.1, -0.05) is 12.2 Å². The minimum absolute atomic E-state index is 0.366. The summed E-state index contributed by atoms with van der Waals surface area (Å²) in [6.07, 6.45) is 5.86. The van der Waals surface area contributed by atoms with Crippen LogP contribution in [-0.4, -0.2) is 28.8 Å². The van der Waals surface area contributed by atoms with Gasteiger partial charge in [-0.05, 0) is 12.5 Å². The smallest absolute Gasteiger partial charge is 0.342 e. The van der Waals surface area contributed by atoms with Crippen LogP contribution in [0.3, 0.4) is 0 Å². The number of nitrogens with zero attached hydrogens (tertiary/aromatic N) is 1. The zero-order chi connectivity index (χ0) is 10.1. The standard InChI is InChI=1S/C9H13N3O2/c10-8(9(13)14)12-7-4-2-1-3-6(7)5-11-12/h1-2,4,6,8,11H,3,5,10H2,(H,13,14). The first-order valence-electron chi connectivity index (χ1n) is 4.58. The number of aliphatic carboxylic acids is 1. The zero-order valence-corrected chi connectivity index (χ0v) is 7.68. The summed E-state index contributed by atoms with van der Waals surface area (Å²) in [6.45, 7) is 0.761. The van der Waals surface area contributed by atoms with E-state index in [-0.39, 0.29) is 0 Å². The van der Waals surface area contributed by atoms with Crippen molar-refractivity contribution in [1.82, 2.24) is 10.4 Å². The monoisotopic (exact) mass is 195 g/mol. The molecule has 0 amide bonds. The average Bonchev–Trinajstić information content (AvgIpc) is 2.60. The molecule has 1 fully saturated rings. The molecule has 2 aliphatic rings. The summed E-state index contributed by atoms with van der Waals surface area (Å²) in [4.78, 5) is 10.7. The number of hydrazine groups is 1. The highest BCUT2D eigenvalue weighted by Crippen LogP contribution is 2.27. The molecule has 5 nitrogen and oxygen atoms in total. The average molecular weight is 195 g/mol. The molecule has 0 radical (unpaired) electrons. The van der Waals surface area contributed by atoms with Crippen LogP contribution in [0.1, 0.15) is 6.42 Å². The van der Waals surface area contributed by atoms with E-state index >= 15 is 0 Å². The maximum Gasteiger partial charge on any atom is 0.342 e. The number of nitrogens with two attached hydrogens (primary N) is 1. The number of fused-ring (bicyclic) bond motifs is 1. The van der Waals surface area contributed by atoms with Gasteiger partial charge < -0.3 is 10.8 Å². The molecule has 14 heavy (non-hydrogen) atoms. The van der Waals surface area contributed by atoms with Crippen molar-refractivity contribution in [2.24, 2.45) is 11.7 Å². The van der Waals surface area contributed by atoms with E-state index in [0.29, 0.717) is 5.92 Å².